The van der Waals surface area contributed by atoms with Gasteiger partial charge in [0.25, 0.3) is 0 Å². The first-order valence-electron chi connectivity index (χ1n) is 4.62. The molecule has 0 radical (unpaired) electrons. The van der Waals surface area contributed by atoms with Crippen LogP contribution in [0.3, 0.4) is 0 Å². The molecule has 17 heavy (non-hydrogen) atoms. The maximum absolute atomic E-state index is 11.1. The highest BCUT2D eigenvalue weighted by Crippen LogP contribution is 2.20. The lowest BCUT2D eigenvalue weighted by Crippen LogP contribution is -2.16. The van der Waals surface area contributed by atoms with Gasteiger partial charge in [-0.3, -0.25) is 5.32 Å². The molecular weight excluding hydrogens is 250 g/mol. The lowest BCUT2D eigenvalue weighted by atomic mass is 10.2. The zero-order valence-corrected chi connectivity index (χ0v) is 9.40. The molecule has 6 nitrogen and oxygen atoms in total. The highest BCUT2D eigenvalue weighted by Gasteiger charge is 2.11. The van der Waals surface area contributed by atoms with Gasteiger partial charge in [-0.1, -0.05) is 11.6 Å². The van der Waals surface area contributed by atoms with Gasteiger partial charge in [0, 0.05) is 5.69 Å². The number of aliphatic hydroxyl groups is 1. The molecule has 0 aliphatic rings. The second-order valence-corrected chi connectivity index (χ2v) is 3.39. The quantitative estimate of drug-likeness (QED) is 0.763. The number of nitrogens with one attached hydrogen (secondary N) is 1. The fourth-order valence-corrected chi connectivity index (χ4v) is 1.26. The number of carboxylic acids is 1. The minimum atomic E-state index is -1.19. The van der Waals surface area contributed by atoms with Crippen molar-refractivity contribution in [3.8, 4) is 0 Å². The van der Waals surface area contributed by atoms with Gasteiger partial charge in [0.05, 0.1) is 17.2 Å². The first-order chi connectivity index (χ1) is 8.04. The van der Waals surface area contributed by atoms with Crippen LogP contribution in [0.15, 0.2) is 18.2 Å². The number of aromatic carboxylic acids is 1. The Hall–Kier alpha value is -1.79. The van der Waals surface area contributed by atoms with E-state index in [4.69, 9.17) is 21.8 Å². The Morgan fingerprint density at radius 2 is 2.12 bits per heavy atom. The Labute approximate surface area is 102 Å². The van der Waals surface area contributed by atoms with E-state index in [1.807, 2.05) is 0 Å². The van der Waals surface area contributed by atoms with Crippen LogP contribution in [-0.2, 0) is 4.74 Å². The van der Waals surface area contributed by atoms with Crippen molar-refractivity contribution in [2.75, 3.05) is 18.5 Å². The maximum atomic E-state index is 11.1. The predicted molar refractivity (Wildman–Crippen MR) is 60.5 cm³/mol. The number of ether oxygens (including phenoxy) is 1. The second-order valence-electron chi connectivity index (χ2n) is 2.98. The molecule has 0 spiro atoms. The molecule has 0 atom stereocenters. The van der Waals surface area contributed by atoms with Crippen LogP contribution in [-0.4, -0.2) is 35.5 Å². The van der Waals surface area contributed by atoms with Crippen LogP contribution in [0.25, 0.3) is 0 Å². The summed E-state index contributed by atoms with van der Waals surface area (Å²) >= 11 is 5.65. The number of benzene rings is 1. The van der Waals surface area contributed by atoms with Crippen molar-refractivity contribution >= 4 is 29.4 Å². The Balaban J connectivity index is 2.75. The number of carbonyl (C=O) groups excluding carboxylic acids is 1. The van der Waals surface area contributed by atoms with Gasteiger partial charge in [0.15, 0.2) is 0 Å². The Morgan fingerprint density at radius 3 is 2.71 bits per heavy atom. The number of hydrogen-bond donors (Lipinski definition) is 3. The Morgan fingerprint density at radius 1 is 1.41 bits per heavy atom. The number of anilines is 1. The van der Waals surface area contributed by atoms with E-state index >= 15 is 0 Å². The lowest BCUT2D eigenvalue weighted by Gasteiger charge is -2.07. The zero-order chi connectivity index (χ0) is 12.8. The summed E-state index contributed by atoms with van der Waals surface area (Å²) in [5, 5.41) is 19.6. The molecule has 0 bridgehead atoms. The van der Waals surface area contributed by atoms with Crippen LogP contribution in [0, 0.1) is 0 Å². The van der Waals surface area contributed by atoms with E-state index in [1.54, 1.807) is 0 Å². The molecule has 0 aromatic heterocycles. The fourth-order valence-electron chi connectivity index (χ4n) is 1.06. The number of halogens is 1. The van der Waals surface area contributed by atoms with Gasteiger partial charge in [-0.25, -0.2) is 9.59 Å². The van der Waals surface area contributed by atoms with Crippen molar-refractivity contribution in [2.24, 2.45) is 0 Å². The SMILES string of the molecule is O=C(Nc1ccc(Cl)c(C(=O)O)c1)OCCO. The number of amides is 1. The average Bonchev–Trinajstić information content (AvgIpc) is 2.28. The zero-order valence-electron chi connectivity index (χ0n) is 8.64. The highest BCUT2D eigenvalue weighted by atomic mass is 35.5. The van der Waals surface area contributed by atoms with Crippen LogP contribution in [0.4, 0.5) is 10.5 Å². The summed E-state index contributed by atoms with van der Waals surface area (Å²) in [5.74, 6) is -1.19. The molecule has 0 saturated heterocycles. The molecule has 1 rings (SSSR count). The molecule has 0 aliphatic carbocycles. The van der Waals surface area contributed by atoms with E-state index in [2.05, 4.69) is 10.1 Å². The van der Waals surface area contributed by atoms with Gasteiger partial charge in [-0.05, 0) is 18.2 Å². The monoisotopic (exact) mass is 259 g/mol. The van der Waals surface area contributed by atoms with Gasteiger partial charge in [0.2, 0.25) is 0 Å². The molecule has 0 fully saturated rings. The van der Waals surface area contributed by atoms with Gasteiger partial charge < -0.3 is 14.9 Å². The third-order valence-electron chi connectivity index (χ3n) is 1.77. The maximum Gasteiger partial charge on any atom is 0.411 e. The number of carboxylic acid groups (broad SMARTS) is 1. The van der Waals surface area contributed by atoms with Crippen LogP contribution in [0.1, 0.15) is 10.4 Å². The van der Waals surface area contributed by atoms with Crippen molar-refractivity contribution in [3.63, 3.8) is 0 Å². The molecule has 3 N–H and O–H groups in total. The van der Waals surface area contributed by atoms with Gasteiger partial charge >= 0.3 is 12.1 Å². The first kappa shape index (κ1) is 13.3. The van der Waals surface area contributed by atoms with Crippen LogP contribution < -0.4 is 5.32 Å². The van der Waals surface area contributed by atoms with Crippen molar-refractivity contribution < 1.29 is 24.5 Å². The lowest BCUT2D eigenvalue weighted by molar-refractivity contribution is 0.0697. The fraction of sp³-hybridized carbons (Fsp3) is 0.200. The average molecular weight is 260 g/mol. The summed E-state index contributed by atoms with van der Waals surface area (Å²) in [6.07, 6.45) is -0.780. The molecule has 1 aromatic carbocycles. The van der Waals surface area contributed by atoms with E-state index in [0.29, 0.717) is 0 Å². The standard InChI is InChI=1S/C10H10ClNO5/c11-8-2-1-6(5-7(8)9(14)15)12-10(16)17-4-3-13/h1-2,5,13H,3-4H2,(H,12,16)(H,14,15). The highest BCUT2D eigenvalue weighted by molar-refractivity contribution is 6.33. The number of carbonyl (C=O) groups is 2. The van der Waals surface area contributed by atoms with Gasteiger partial charge in [0.1, 0.15) is 6.61 Å². The molecular formula is C10H10ClNO5. The van der Waals surface area contributed by atoms with E-state index in [1.165, 1.54) is 18.2 Å². The molecule has 1 aromatic rings. The van der Waals surface area contributed by atoms with Crippen molar-refractivity contribution in [1.29, 1.82) is 0 Å². The van der Waals surface area contributed by atoms with Crippen molar-refractivity contribution in [1.82, 2.24) is 0 Å². The summed E-state index contributed by atoms with van der Waals surface area (Å²) in [4.78, 5) is 21.9. The van der Waals surface area contributed by atoms with E-state index in [9.17, 15) is 9.59 Å². The summed E-state index contributed by atoms with van der Waals surface area (Å²) in [5.41, 5.74) is 0.126. The van der Waals surface area contributed by atoms with Gasteiger partial charge in [-0.2, -0.15) is 0 Å². The smallest absolute Gasteiger partial charge is 0.411 e. The third-order valence-corrected chi connectivity index (χ3v) is 2.10. The van der Waals surface area contributed by atoms with E-state index in [-0.39, 0.29) is 29.5 Å². The first-order valence-corrected chi connectivity index (χ1v) is 5.00. The molecule has 0 saturated carbocycles. The molecule has 92 valence electrons. The number of rotatable bonds is 4. The van der Waals surface area contributed by atoms with Gasteiger partial charge in [-0.15, -0.1) is 0 Å². The summed E-state index contributed by atoms with van der Waals surface area (Å²) in [6, 6.07) is 4.01. The van der Waals surface area contributed by atoms with E-state index < -0.39 is 12.1 Å². The summed E-state index contributed by atoms with van der Waals surface area (Å²) in [6.45, 7) is -0.417. The van der Waals surface area contributed by atoms with Crippen LogP contribution in [0.5, 0.6) is 0 Å². The summed E-state index contributed by atoms with van der Waals surface area (Å²) < 4.78 is 4.55. The van der Waals surface area contributed by atoms with E-state index in [0.717, 1.165) is 0 Å². The minimum absolute atomic E-state index is 0.0757. The second kappa shape index (κ2) is 6.07. The number of aliphatic hydroxyl groups excluding tert-OH is 1. The Kier molecular flexibility index (Phi) is 4.74. The van der Waals surface area contributed by atoms with Crippen molar-refractivity contribution in [3.05, 3.63) is 28.8 Å². The third kappa shape index (κ3) is 3.93. The molecule has 0 aliphatic heterocycles. The van der Waals surface area contributed by atoms with Crippen LogP contribution >= 0.6 is 11.6 Å². The minimum Gasteiger partial charge on any atom is -0.478 e. The largest absolute Gasteiger partial charge is 0.478 e. The van der Waals surface area contributed by atoms with Crippen molar-refractivity contribution in [2.45, 2.75) is 0 Å². The Bertz CT molecular complexity index is 435. The van der Waals surface area contributed by atoms with Crippen LogP contribution in [0.2, 0.25) is 5.02 Å². The predicted octanol–water partition coefficient (Wildman–Crippen LogP) is 1.58. The molecule has 0 heterocycles. The normalized spacial score (nSPS) is 9.76. The topological polar surface area (TPSA) is 95.9 Å². The molecule has 7 heteroatoms. The molecule has 0 unspecified atom stereocenters. The summed E-state index contributed by atoms with van der Waals surface area (Å²) in [7, 11) is 0. The number of hydrogen-bond acceptors (Lipinski definition) is 4. The molecule has 1 amide bonds.